The van der Waals surface area contributed by atoms with Gasteiger partial charge in [-0.1, -0.05) is 170 Å². The molecule has 0 radical (unpaired) electrons. The third-order valence-electron chi connectivity index (χ3n) is 10.9. The van der Waals surface area contributed by atoms with Crippen molar-refractivity contribution in [1.82, 2.24) is 0 Å². The largest absolute Gasteiger partial charge is 0.437 e. The maximum absolute atomic E-state index is 16.2. The summed E-state index contributed by atoms with van der Waals surface area (Å²) in [6, 6.07) is 62.3. The number of para-hydroxylation sites is 2. The maximum atomic E-state index is 16.2. The highest BCUT2D eigenvalue weighted by molar-refractivity contribution is 7.68. The van der Waals surface area contributed by atoms with Crippen LogP contribution in [0.1, 0.15) is 33.9 Å². The molecule has 8 aromatic carbocycles. The summed E-state index contributed by atoms with van der Waals surface area (Å²) in [6.07, 6.45) is 0. The van der Waals surface area contributed by atoms with E-state index in [1.807, 2.05) is 194 Å². The van der Waals surface area contributed by atoms with E-state index in [-0.39, 0.29) is 13.2 Å². The van der Waals surface area contributed by atoms with Gasteiger partial charge >= 0.3 is 14.7 Å². The number of rotatable bonds is 10. The Morgan fingerprint density at radius 2 is 0.776 bits per heavy atom. The molecular formula is C50H38O6P2. The molecule has 0 bridgehead atoms. The van der Waals surface area contributed by atoms with Gasteiger partial charge in [0.05, 0.1) is 23.8 Å². The van der Waals surface area contributed by atoms with Crippen LogP contribution in [0.2, 0.25) is 0 Å². The third-order valence-corrected chi connectivity index (χ3v) is 16.1. The summed E-state index contributed by atoms with van der Waals surface area (Å²) < 4.78 is 59.8. The average molecular weight is 797 g/mol. The van der Waals surface area contributed by atoms with E-state index in [0.717, 1.165) is 38.8 Å². The lowest BCUT2D eigenvalue weighted by Crippen LogP contribution is -2.25. The van der Waals surface area contributed by atoms with Gasteiger partial charge in [-0.05, 0) is 57.3 Å². The molecule has 2 aliphatic rings. The summed E-state index contributed by atoms with van der Waals surface area (Å²) in [5.41, 5.74) is 6.51. The molecule has 4 atom stereocenters. The molecule has 8 heteroatoms. The van der Waals surface area contributed by atoms with E-state index >= 15 is 9.13 Å². The lowest BCUT2D eigenvalue weighted by molar-refractivity contribution is 0.0837. The zero-order chi connectivity index (χ0) is 39.1. The molecule has 4 unspecified atom stereocenters. The van der Waals surface area contributed by atoms with Crippen molar-refractivity contribution in [3.05, 3.63) is 216 Å². The fourth-order valence-electron chi connectivity index (χ4n) is 8.27. The Labute approximate surface area is 337 Å². The molecule has 58 heavy (non-hydrogen) atoms. The zero-order valence-electron chi connectivity index (χ0n) is 31.4. The average Bonchev–Trinajstić information content (AvgIpc) is 3.27. The Morgan fingerprint density at radius 3 is 1.22 bits per heavy atom. The van der Waals surface area contributed by atoms with Crippen molar-refractivity contribution in [1.29, 1.82) is 0 Å². The van der Waals surface area contributed by atoms with E-state index in [2.05, 4.69) is 0 Å². The highest BCUT2D eigenvalue weighted by atomic mass is 31.2. The van der Waals surface area contributed by atoms with Crippen molar-refractivity contribution < 1.29 is 27.7 Å². The topological polar surface area (TPSA) is 71.1 Å². The maximum Gasteiger partial charge on any atom is 0.310 e. The van der Waals surface area contributed by atoms with Crippen LogP contribution in [0.3, 0.4) is 0 Å². The normalized spacial score (nSPS) is 18.7. The summed E-state index contributed by atoms with van der Waals surface area (Å²) in [6.45, 7) is 0.335. The second-order valence-corrected chi connectivity index (χ2v) is 19.1. The predicted octanol–water partition coefficient (Wildman–Crippen LogP) is 12.6. The molecular weight excluding hydrogens is 758 g/mol. The molecule has 0 spiro atoms. The first-order valence-corrected chi connectivity index (χ1v) is 22.7. The Balaban J connectivity index is 1.20. The molecule has 6 nitrogen and oxygen atoms in total. The Hall–Kier alpha value is -6.00. The molecule has 10 rings (SSSR count). The second kappa shape index (κ2) is 15.1. The molecule has 0 aliphatic carbocycles. The van der Waals surface area contributed by atoms with E-state index in [4.69, 9.17) is 18.5 Å². The van der Waals surface area contributed by atoms with E-state index in [0.29, 0.717) is 38.6 Å². The summed E-state index contributed by atoms with van der Waals surface area (Å²) in [7, 11) is -7.86. The highest BCUT2D eigenvalue weighted by Gasteiger charge is 2.48. The molecule has 2 heterocycles. The van der Waals surface area contributed by atoms with Crippen LogP contribution in [-0.4, -0.2) is 0 Å². The minimum Gasteiger partial charge on any atom is -0.437 e. The summed E-state index contributed by atoms with van der Waals surface area (Å²) in [5.74, 6) is -1.11. The first kappa shape index (κ1) is 36.3. The van der Waals surface area contributed by atoms with Crippen molar-refractivity contribution >= 4 is 36.1 Å². The van der Waals surface area contributed by atoms with Crippen molar-refractivity contribution in [2.75, 3.05) is 0 Å². The van der Waals surface area contributed by atoms with Gasteiger partial charge in [-0.2, -0.15) is 0 Å². The minimum absolute atomic E-state index is 0.168. The number of benzene rings is 8. The van der Waals surface area contributed by atoms with Gasteiger partial charge in [0.15, 0.2) is 11.7 Å². The second-order valence-electron chi connectivity index (χ2n) is 14.5. The monoisotopic (exact) mass is 796 g/mol. The van der Waals surface area contributed by atoms with Crippen LogP contribution < -0.4 is 19.7 Å². The molecule has 0 saturated carbocycles. The fraction of sp³-hybridized carbons (Fsp3) is 0.0800. The predicted molar refractivity (Wildman–Crippen MR) is 231 cm³/mol. The third kappa shape index (κ3) is 6.30. The molecule has 0 fully saturated rings. The standard InChI is InChI=1S/C50H38O6P2/c51-57(46-31-13-9-25-40(46)38-23-7-11-29-44(38)55-57)49(53-33-35-17-3-1-4-18-35)42-27-15-21-37-22-16-28-43(48(37)42)50(54-34-36-19-5-2-6-20-36)58(52)47-32-14-10-26-41(47)39-24-8-12-30-45(39)56-58/h1-32,49-50H,33-34H2. The van der Waals surface area contributed by atoms with Gasteiger partial charge in [-0.25, -0.2) is 0 Å². The van der Waals surface area contributed by atoms with Gasteiger partial charge in [0.1, 0.15) is 11.5 Å². The van der Waals surface area contributed by atoms with Crippen LogP contribution in [-0.2, 0) is 31.8 Å². The molecule has 284 valence electrons. The Bertz CT molecular complexity index is 2700. The quantitative estimate of drug-likeness (QED) is 0.128. The smallest absolute Gasteiger partial charge is 0.310 e. The van der Waals surface area contributed by atoms with Crippen LogP contribution in [0.4, 0.5) is 0 Å². The van der Waals surface area contributed by atoms with E-state index < -0.39 is 26.4 Å². The Kier molecular flexibility index (Phi) is 9.44. The number of hydrogen-bond donors (Lipinski definition) is 0. The first-order valence-electron chi connectivity index (χ1n) is 19.3. The summed E-state index contributed by atoms with van der Waals surface area (Å²) in [5, 5.41) is 2.71. The van der Waals surface area contributed by atoms with Gasteiger partial charge in [0, 0.05) is 22.3 Å². The number of hydrogen-bond acceptors (Lipinski definition) is 6. The van der Waals surface area contributed by atoms with Gasteiger partial charge in [-0.15, -0.1) is 0 Å². The van der Waals surface area contributed by atoms with Gasteiger partial charge in [-0.3, -0.25) is 9.13 Å². The fourth-order valence-corrected chi connectivity index (χ4v) is 13.4. The molecule has 0 aromatic heterocycles. The minimum atomic E-state index is -3.93. The van der Waals surface area contributed by atoms with Crippen molar-refractivity contribution in [3.63, 3.8) is 0 Å². The SMILES string of the molecule is O=P1(C(OCc2ccccc2)c2cccc3cccc(C(OCc4ccccc4)P4(=O)Oc5ccccc5-c5ccccc54)c23)Oc2ccccc2-c2ccccc21. The molecule has 2 aliphatic heterocycles. The number of fused-ring (bicyclic) bond motifs is 7. The van der Waals surface area contributed by atoms with Crippen LogP contribution in [0.25, 0.3) is 33.0 Å². The van der Waals surface area contributed by atoms with Gasteiger partial charge < -0.3 is 18.5 Å². The van der Waals surface area contributed by atoms with Gasteiger partial charge in [0.2, 0.25) is 0 Å². The summed E-state index contributed by atoms with van der Waals surface area (Å²) >= 11 is 0. The lowest BCUT2D eigenvalue weighted by Gasteiger charge is -2.36. The Morgan fingerprint density at radius 1 is 0.397 bits per heavy atom. The lowest BCUT2D eigenvalue weighted by atomic mass is 9.99. The zero-order valence-corrected chi connectivity index (χ0v) is 33.2. The molecule has 0 amide bonds. The first-order chi connectivity index (χ1) is 28.5. The van der Waals surface area contributed by atoms with Gasteiger partial charge in [0.25, 0.3) is 0 Å². The summed E-state index contributed by atoms with van der Waals surface area (Å²) in [4.78, 5) is 0. The van der Waals surface area contributed by atoms with E-state index in [1.165, 1.54) is 0 Å². The molecule has 8 aromatic rings. The van der Waals surface area contributed by atoms with Crippen molar-refractivity contribution in [3.8, 4) is 33.8 Å². The molecule has 0 saturated heterocycles. The van der Waals surface area contributed by atoms with Crippen molar-refractivity contribution in [2.45, 2.75) is 24.9 Å². The van der Waals surface area contributed by atoms with E-state index in [1.54, 1.807) is 0 Å². The van der Waals surface area contributed by atoms with Crippen molar-refractivity contribution in [2.24, 2.45) is 0 Å². The highest BCUT2D eigenvalue weighted by Crippen LogP contribution is 2.67. The van der Waals surface area contributed by atoms with Crippen LogP contribution >= 0.6 is 14.7 Å². The van der Waals surface area contributed by atoms with Crippen LogP contribution in [0.5, 0.6) is 11.5 Å². The van der Waals surface area contributed by atoms with E-state index in [9.17, 15) is 0 Å². The molecule has 0 N–H and O–H groups in total. The van der Waals surface area contributed by atoms with Crippen LogP contribution in [0, 0.1) is 0 Å². The number of ether oxygens (including phenoxy) is 2. The van der Waals surface area contributed by atoms with Crippen LogP contribution in [0.15, 0.2) is 194 Å².